The summed E-state index contributed by atoms with van der Waals surface area (Å²) in [6.45, 7) is 9.13. The summed E-state index contributed by atoms with van der Waals surface area (Å²) in [5.74, 6) is 0. The van der Waals surface area contributed by atoms with E-state index in [1.54, 1.807) is 0 Å². The highest BCUT2D eigenvalue weighted by molar-refractivity contribution is 7.92. The lowest BCUT2D eigenvalue weighted by Crippen LogP contribution is -2.47. The summed E-state index contributed by atoms with van der Waals surface area (Å²) in [5.41, 5.74) is 6.53. The molecule has 31 heavy (non-hydrogen) atoms. The number of aliphatic hydroxyl groups is 1. The van der Waals surface area contributed by atoms with Gasteiger partial charge in [0.15, 0.2) is 0 Å². The van der Waals surface area contributed by atoms with Crippen LogP contribution in [-0.2, 0) is 16.4 Å². The number of benzene rings is 2. The van der Waals surface area contributed by atoms with Gasteiger partial charge in [0.25, 0.3) is 0 Å². The Bertz CT molecular complexity index is 1050. The normalized spacial score (nSPS) is 18.7. The Morgan fingerprint density at radius 1 is 0.968 bits per heavy atom. The molecule has 2 aliphatic rings. The fraction of sp³-hybridized carbons (Fsp3) is 0.500. The fourth-order valence-corrected chi connectivity index (χ4v) is 5.81. The number of sulfonamides is 1. The van der Waals surface area contributed by atoms with Crippen molar-refractivity contribution in [3.63, 3.8) is 0 Å². The SMILES string of the molecule is Cc1ccc(N2CCN(CC(O)c3ccc4c(c3)CCCN4S(C)(=O)=O)CC2)c(C)c1. The number of hydrogen-bond acceptors (Lipinski definition) is 5. The Morgan fingerprint density at radius 2 is 1.68 bits per heavy atom. The van der Waals surface area contributed by atoms with Crippen molar-refractivity contribution in [2.45, 2.75) is 32.8 Å². The van der Waals surface area contributed by atoms with Gasteiger partial charge in [-0.1, -0.05) is 29.8 Å². The van der Waals surface area contributed by atoms with Gasteiger partial charge in [-0.15, -0.1) is 0 Å². The second-order valence-corrected chi connectivity index (χ2v) is 10.8. The van der Waals surface area contributed by atoms with E-state index >= 15 is 0 Å². The van der Waals surface area contributed by atoms with E-state index in [2.05, 4.69) is 41.8 Å². The first-order chi connectivity index (χ1) is 14.7. The molecule has 4 rings (SSSR count). The van der Waals surface area contributed by atoms with Gasteiger partial charge in [-0.3, -0.25) is 9.21 Å². The fourth-order valence-electron chi connectivity index (χ4n) is 4.82. The van der Waals surface area contributed by atoms with Crippen molar-refractivity contribution >= 4 is 21.4 Å². The molecular weight excluding hydrogens is 410 g/mol. The van der Waals surface area contributed by atoms with E-state index in [1.807, 2.05) is 18.2 Å². The summed E-state index contributed by atoms with van der Waals surface area (Å²) in [7, 11) is -3.27. The molecule has 2 aliphatic heterocycles. The molecule has 7 heteroatoms. The average molecular weight is 444 g/mol. The third-order valence-corrected chi connectivity index (χ3v) is 7.64. The molecule has 0 radical (unpaired) electrons. The molecule has 6 nitrogen and oxygen atoms in total. The van der Waals surface area contributed by atoms with E-state index < -0.39 is 16.1 Å². The van der Waals surface area contributed by atoms with E-state index in [4.69, 9.17) is 0 Å². The first-order valence-electron chi connectivity index (χ1n) is 11.1. The standard InChI is InChI=1S/C24H33N3O3S/c1-18-6-8-22(19(2)15-18)26-13-11-25(12-14-26)17-24(28)21-7-9-23-20(16-21)5-4-10-27(23)31(3,29)30/h6-9,15-16,24,28H,4-5,10-14,17H2,1-3H3. The zero-order valence-corrected chi connectivity index (χ0v) is 19.5. The monoisotopic (exact) mass is 443 g/mol. The van der Waals surface area contributed by atoms with Gasteiger partial charge in [0.2, 0.25) is 10.0 Å². The van der Waals surface area contributed by atoms with Crippen LogP contribution in [0.15, 0.2) is 36.4 Å². The van der Waals surface area contributed by atoms with Crippen molar-refractivity contribution in [1.82, 2.24) is 4.90 Å². The molecule has 0 spiro atoms. The average Bonchev–Trinajstić information content (AvgIpc) is 2.73. The first kappa shape index (κ1) is 22.1. The maximum Gasteiger partial charge on any atom is 0.232 e. The van der Waals surface area contributed by atoms with E-state index in [9.17, 15) is 13.5 Å². The quantitative estimate of drug-likeness (QED) is 0.770. The molecule has 1 atom stereocenters. The number of aryl methyl sites for hydroxylation is 3. The number of nitrogens with zero attached hydrogens (tertiary/aromatic N) is 3. The van der Waals surface area contributed by atoms with Crippen molar-refractivity contribution in [1.29, 1.82) is 0 Å². The number of aliphatic hydroxyl groups excluding tert-OH is 1. The molecule has 2 heterocycles. The third-order valence-electron chi connectivity index (χ3n) is 6.46. The molecular formula is C24H33N3O3S. The highest BCUT2D eigenvalue weighted by Crippen LogP contribution is 2.32. The largest absolute Gasteiger partial charge is 0.387 e. The molecule has 0 aromatic heterocycles. The number of rotatable bonds is 5. The van der Waals surface area contributed by atoms with Crippen LogP contribution in [0.1, 0.15) is 34.8 Å². The van der Waals surface area contributed by atoms with Gasteiger partial charge in [0.1, 0.15) is 0 Å². The number of hydrogen-bond donors (Lipinski definition) is 1. The minimum Gasteiger partial charge on any atom is -0.387 e. The Balaban J connectivity index is 1.39. The van der Waals surface area contributed by atoms with Crippen LogP contribution in [0.5, 0.6) is 0 Å². The zero-order valence-electron chi connectivity index (χ0n) is 18.7. The summed E-state index contributed by atoms with van der Waals surface area (Å²) in [5, 5.41) is 10.9. The Morgan fingerprint density at radius 3 is 2.35 bits per heavy atom. The lowest BCUT2D eigenvalue weighted by atomic mass is 9.98. The molecule has 1 fully saturated rings. The summed E-state index contributed by atoms with van der Waals surface area (Å²) < 4.78 is 25.6. The summed E-state index contributed by atoms with van der Waals surface area (Å²) in [4.78, 5) is 4.74. The first-order valence-corrected chi connectivity index (χ1v) is 12.9. The van der Waals surface area contributed by atoms with Gasteiger partial charge in [0, 0.05) is 45.0 Å². The van der Waals surface area contributed by atoms with Gasteiger partial charge in [-0.05, 0) is 55.5 Å². The predicted octanol–water partition coefficient (Wildman–Crippen LogP) is 2.87. The lowest BCUT2D eigenvalue weighted by Gasteiger charge is -2.37. The van der Waals surface area contributed by atoms with Crippen molar-refractivity contribution in [3.05, 3.63) is 58.7 Å². The van der Waals surface area contributed by atoms with Crippen LogP contribution in [0.2, 0.25) is 0 Å². The van der Waals surface area contributed by atoms with Crippen LogP contribution in [-0.4, -0.2) is 63.9 Å². The molecule has 2 aromatic carbocycles. The molecule has 1 N–H and O–H groups in total. The summed E-state index contributed by atoms with van der Waals surface area (Å²) >= 11 is 0. The highest BCUT2D eigenvalue weighted by atomic mass is 32.2. The number of piperazine rings is 1. The number of anilines is 2. The van der Waals surface area contributed by atoms with Gasteiger partial charge in [-0.25, -0.2) is 8.42 Å². The summed E-state index contributed by atoms with van der Waals surface area (Å²) in [6, 6.07) is 12.3. The van der Waals surface area contributed by atoms with Crippen molar-refractivity contribution < 1.29 is 13.5 Å². The van der Waals surface area contributed by atoms with E-state index in [0.29, 0.717) is 13.1 Å². The van der Waals surface area contributed by atoms with E-state index in [0.717, 1.165) is 55.8 Å². The van der Waals surface area contributed by atoms with E-state index in [-0.39, 0.29) is 0 Å². The minimum atomic E-state index is -3.27. The molecule has 0 aliphatic carbocycles. The Labute approximate surface area is 186 Å². The van der Waals surface area contributed by atoms with Crippen LogP contribution < -0.4 is 9.21 Å². The van der Waals surface area contributed by atoms with Crippen LogP contribution in [0.3, 0.4) is 0 Å². The van der Waals surface area contributed by atoms with Gasteiger partial charge >= 0.3 is 0 Å². The van der Waals surface area contributed by atoms with Crippen LogP contribution in [0, 0.1) is 13.8 Å². The van der Waals surface area contributed by atoms with Crippen LogP contribution in [0.25, 0.3) is 0 Å². The molecule has 1 unspecified atom stereocenters. The smallest absolute Gasteiger partial charge is 0.232 e. The second-order valence-electron chi connectivity index (χ2n) is 8.92. The highest BCUT2D eigenvalue weighted by Gasteiger charge is 2.26. The second kappa shape index (κ2) is 8.81. The molecule has 0 saturated carbocycles. The predicted molar refractivity (Wildman–Crippen MR) is 126 cm³/mol. The lowest BCUT2D eigenvalue weighted by molar-refractivity contribution is 0.109. The maximum atomic E-state index is 12.1. The topological polar surface area (TPSA) is 64.1 Å². The van der Waals surface area contributed by atoms with Crippen molar-refractivity contribution in [3.8, 4) is 0 Å². The third kappa shape index (κ3) is 4.89. The van der Waals surface area contributed by atoms with Crippen LogP contribution >= 0.6 is 0 Å². The molecule has 1 saturated heterocycles. The van der Waals surface area contributed by atoms with E-state index in [1.165, 1.54) is 27.4 Å². The Hall–Kier alpha value is -2.09. The zero-order chi connectivity index (χ0) is 22.2. The summed E-state index contributed by atoms with van der Waals surface area (Å²) in [6.07, 6.45) is 2.32. The minimum absolute atomic E-state index is 0.526. The van der Waals surface area contributed by atoms with Gasteiger partial charge in [0.05, 0.1) is 18.0 Å². The van der Waals surface area contributed by atoms with Crippen molar-refractivity contribution in [2.75, 3.05) is 54.7 Å². The van der Waals surface area contributed by atoms with Gasteiger partial charge < -0.3 is 10.0 Å². The van der Waals surface area contributed by atoms with Crippen molar-refractivity contribution in [2.24, 2.45) is 0 Å². The molecule has 0 bridgehead atoms. The molecule has 168 valence electrons. The molecule has 0 amide bonds. The maximum absolute atomic E-state index is 12.1. The van der Waals surface area contributed by atoms with Gasteiger partial charge in [-0.2, -0.15) is 0 Å². The molecule has 2 aromatic rings. The van der Waals surface area contributed by atoms with Crippen LogP contribution in [0.4, 0.5) is 11.4 Å². The number of fused-ring (bicyclic) bond motifs is 1. The number of β-amino-alcohol motifs (C(OH)–C–C–N with tert-alkyl or cyclic N) is 1. The Kier molecular flexibility index (Phi) is 6.28.